The molecule has 1 saturated carbocycles. The second kappa shape index (κ2) is 5.51. The summed E-state index contributed by atoms with van der Waals surface area (Å²) in [6, 6.07) is 0. The third-order valence-corrected chi connectivity index (χ3v) is 6.23. The standard InChI is InChI=1S/C10H19NO2S.ClH/c12-14(13,10-6-7-11-8-10)9-4-2-1-3-5-9;/h9-11H,1-8H2;1H. The van der Waals surface area contributed by atoms with Gasteiger partial charge in [0.1, 0.15) is 0 Å². The predicted molar refractivity (Wildman–Crippen MR) is 64.3 cm³/mol. The van der Waals surface area contributed by atoms with Crippen LogP contribution in [0.5, 0.6) is 0 Å². The molecule has 90 valence electrons. The van der Waals surface area contributed by atoms with E-state index in [9.17, 15) is 8.42 Å². The summed E-state index contributed by atoms with van der Waals surface area (Å²) in [6.45, 7) is 1.55. The van der Waals surface area contributed by atoms with Gasteiger partial charge in [-0.3, -0.25) is 0 Å². The molecule has 2 rings (SSSR count). The molecule has 0 radical (unpaired) electrons. The average Bonchev–Trinajstić information content (AvgIpc) is 2.72. The Morgan fingerprint density at radius 1 is 0.933 bits per heavy atom. The molecule has 0 bridgehead atoms. The zero-order valence-corrected chi connectivity index (χ0v) is 10.6. The molecule has 1 aliphatic carbocycles. The highest BCUT2D eigenvalue weighted by Gasteiger charge is 2.35. The zero-order valence-electron chi connectivity index (χ0n) is 8.94. The van der Waals surface area contributed by atoms with E-state index < -0.39 is 9.84 Å². The molecule has 1 saturated heterocycles. The van der Waals surface area contributed by atoms with Gasteiger partial charge in [-0.05, 0) is 25.8 Å². The Balaban J connectivity index is 0.00000112. The number of hydrogen-bond acceptors (Lipinski definition) is 3. The van der Waals surface area contributed by atoms with Crippen molar-refractivity contribution in [1.82, 2.24) is 5.32 Å². The molecule has 3 nitrogen and oxygen atoms in total. The zero-order chi connectivity index (χ0) is 10.0. The normalized spacial score (nSPS) is 28.7. The number of halogens is 1. The summed E-state index contributed by atoms with van der Waals surface area (Å²) in [5.41, 5.74) is 0. The van der Waals surface area contributed by atoms with E-state index in [1.165, 1.54) is 6.42 Å². The first kappa shape index (κ1) is 13.3. The lowest BCUT2D eigenvalue weighted by atomic mass is 10.0. The maximum atomic E-state index is 12.1. The maximum Gasteiger partial charge on any atom is 0.157 e. The summed E-state index contributed by atoms with van der Waals surface area (Å²) in [5, 5.41) is 3.02. The summed E-state index contributed by atoms with van der Waals surface area (Å²) in [6.07, 6.45) is 6.04. The van der Waals surface area contributed by atoms with Crippen LogP contribution in [-0.2, 0) is 9.84 Å². The van der Waals surface area contributed by atoms with E-state index in [0.717, 1.165) is 38.6 Å². The van der Waals surface area contributed by atoms with Crippen LogP contribution in [0.2, 0.25) is 0 Å². The molecule has 0 aromatic carbocycles. The van der Waals surface area contributed by atoms with Gasteiger partial charge in [0, 0.05) is 6.54 Å². The SMILES string of the molecule is Cl.O=S(=O)(C1CCCCC1)C1CCNC1. The number of rotatable bonds is 2. The first-order valence-electron chi connectivity index (χ1n) is 5.64. The minimum absolute atomic E-state index is 0. The Hall–Kier alpha value is 0.200. The van der Waals surface area contributed by atoms with Crippen LogP contribution in [0.1, 0.15) is 38.5 Å². The van der Waals surface area contributed by atoms with Crippen molar-refractivity contribution in [3.05, 3.63) is 0 Å². The molecule has 0 amide bonds. The van der Waals surface area contributed by atoms with Gasteiger partial charge < -0.3 is 5.32 Å². The van der Waals surface area contributed by atoms with Crippen LogP contribution in [0.25, 0.3) is 0 Å². The van der Waals surface area contributed by atoms with Crippen molar-refractivity contribution in [2.75, 3.05) is 13.1 Å². The Kier molecular flexibility index (Phi) is 4.87. The van der Waals surface area contributed by atoms with Gasteiger partial charge in [-0.25, -0.2) is 8.42 Å². The average molecular weight is 254 g/mol. The molecular weight excluding hydrogens is 234 g/mol. The van der Waals surface area contributed by atoms with Gasteiger partial charge in [-0.2, -0.15) is 0 Å². The molecule has 1 atom stereocenters. The first-order valence-corrected chi connectivity index (χ1v) is 7.25. The molecule has 1 aliphatic heterocycles. The minimum atomic E-state index is -2.82. The lowest BCUT2D eigenvalue weighted by Gasteiger charge is -2.24. The Bertz CT molecular complexity index is 280. The topological polar surface area (TPSA) is 46.2 Å². The first-order chi connectivity index (χ1) is 6.71. The van der Waals surface area contributed by atoms with E-state index >= 15 is 0 Å². The molecule has 0 aromatic heterocycles. The molecule has 2 aliphatic rings. The van der Waals surface area contributed by atoms with E-state index in [0.29, 0.717) is 6.54 Å². The van der Waals surface area contributed by atoms with E-state index in [1.807, 2.05) is 0 Å². The molecule has 0 aromatic rings. The fraction of sp³-hybridized carbons (Fsp3) is 1.00. The molecule has 0 spiro atoms. The van der Waals surface area contributed by atoms with Crippen LogP contribution < -0.4 is 5.32 Å². The summed E-state index contributed by atoms with van der Waals surface area (Å²) in [7, 11) is -2.82. The third kappa shape index (κ3) is 2.86. The smallest absolute Gasteiger partial charge is 0.157 e. The molecule has 1 heterocycles. The molecule has 5 heteroatoms. The van der Waals surface area contributed by atoms with E-state index in [-0.39, 0.29) is 22.9 Å². The fourth-order valence-corrected chi connectivity index (χ4v) is 4.91. The fourth-order valence-electron chi connectivity index (χ4n) is 2.57. The monoisotopic (exact) mass is 253 g/mol. The molecule has 1 N–H and O–H groups in total. The van der Waals surface area contributed by atoms with Crippen molar-refractivity contribution < 1.29 is 8.42 Å². The second-order valence-corrected chi connectivity index (χ2v) is 6.98. The van der Waals surface area contributed by atoms with Gasteiger partial charge in [0.05, 0.1) is 10.5 Å². The Labute approximate surface area is 98.3 Å². The van der Waals surface area contributed by atoms with Crippen molar-refractivity contribution in [1.29, 1.82) is 0 Å². The van der Waals surface area contributed by atoms with Gasteiger partial charge >= 0.3 is 0 Å². The molecule has 1 unspecified atom stereocenters. The highest BCUT2D eigenvalue weighted by atomic mass is 35.5. The third-order valence-electron chi connectivity index (χ3n) is 3.50. The highest BCUT2D eigenvalue weighted by Crippen LogP contribution is 2.27. The number of sulfone groups is 1. The molecular formula is C10H20ClNO2S. The Morgan fingerprint density at radius 3 is 2.13 bits per heavy atom. The summed E-state index contributed by atoms with van der Waals surface area (Å²) in [5.74, 6) is 0. The summed E-state index contributed by atoms with van der Waals surface area (Å²) in [4.78, 5) is 0. The van der Waals surface area contributed by atoms with Crippen LogP contribution in [0.3, 0.4) is 0 Å². The van der Waals surface area contributed by atoms with E-state index in [2.05, 4.69) is 5.32 Å². The van der Waals surface area contributed by atoms with Gasteiger partial charge in [0.2, 0.25) is 0 Å². The van der Waals surface area contributed by atoms with E-state index in [1.54, 1.807) is 0 Å². The van der Waals surface area contributed by atoms with Gasteiger partial charge in [-0.15, -0.1) is 12.4 Å². The van der Waals surface area contributed by atoms with Crippen molar-refractivity contribution in [3.63, 3.8) is 0 Å². The molecule has 2 fully saturated rings. The van der Waals surface area contributed by atoms with Crippen molar-refractivity contribution in [3.8, 4) is 0 Å². The minimum Gasteiger partial charge on any atom is -0.315 e. The van der Waals surface area contributed by atoms with Crippen molar-refractivity contribution in [2.24, 2.45) is 0 Å². The largest absolute Gasteiger partial charge is 0.315 e. The van der Waals surface area contributed by atoms with Gasteiger partial charge in [0.15, 0.2) is 9.84 Å². The van der Waals surface area contributed by atoms with Crippen molar-refractivity contribution in [2.45, 2.75) is 49.0 Å². The van der Waals surface area contributed by atoms with Crippen molar-refractivity contribution >= 4 is 22.2 Å². The van der Waals surface area contributed by atoms with E-state index in [4.69, 9.17) is 0 Å². The summed E-state index contributed by atoms with van der Waals surface area (Å²) < 4.78 is 24.3. The summed E-state index contributed by atoms with van der Waals surface area (Å²) >= 11 is 0. The maximum absolute atomic E-state index is 12.1. The Morgan fingerprint density at radius 2 is 1.60 bits per heavy atom. The van der Waals surface area contributed by atoms with Crippen LogP contribution in [0.4, 0.5) is 0 Å². The number of nitrogens with one attached hydrogen (secondary N) is 1. The lowest BCUT2D eigenvalue weighted by molar-refractivity contribution is 0.478. The van der Waals surface area contributed by atoms with Gasteiger partial charge in [0.25, 0.3) is 0 Å². The number of hydrogen-bond donors (Lipinski definition) is 1. The van der Waals surface area contributed by atoms with Crippen LogP contribution in [0, 0.1) is 0 Å². The lowest BCUT2D eigenvalue weighted by Crippen LogP contribution is -2.34. The van der Waals surface area contributed by atoms with Crippen LogP contribution in [-0.4, -0.2) is 32.0 Å². The molecule has 15 heavy (non-hydrogen) atoms. The van der Waals surface area contributed by atoms with Crippen LogP contribution in [0.15, 0.2) is 0 Å². The quantitative estimate of drug-likeness (QED) is 0.812. The second-order valence-electron chi connectivity index (χ2n) is 4.46. The predicted octanol–water partition coefficient (Wildman–Crippen LogP) is 1.52. The van der Waals surface area contributed by atoms with Crippen LogP contribution >= 0.6 is 12.4 Å². The highest BCUT2D eigenvalue weighted by molar-refractivity contribution is 7.92. The van der Waals surface area contributed by atoms with Gasteiger partial charge in [-0.1, -0.05) is 19.3 Å².